The molecule has 2 atom stereocenters. The molecule has 1 fully saturated rings. The molecular weight excluding hydrogens is 627 g/mol. The lowest BCUT2D eigenvalue weighted by molar-refractivity contribution is -0.143. The number of hydrogen-bond acceptors (Lipinski definition) is 12. The molecule has 2 N–H and O–H groups in total. The van der Waals surface area contributed by atoms with Crippen LogP contribution >= 0.6 is 0 Å². The molecule has 2 heterocycles. The van der Waals surface area contributed by atoms with Crippen molar-refractivity contribution < 1.29 is 42.0 Å². The monoisotopic (exact) mass is 664 g/mol. The van der Waals surface area contributed by atoms with Crippen LogP contribution in [0.3, 0.4) is 0 Å². The van der Waals surface area contributed by atoms with Gasteiger partial charge < -0.3 is 33.9 Å². The van der Waals surface area contributed by atoms with Gasteiger partial charge in [0.15, 0.2) is 6.10 Å². The summed E-state index contributed by atoms with van der Waals surface area (Å²) < 4.78 is 42.0. The van der Waals surface area contributed by atoms with Crippen LogP contribution in [0, 0.1) is 5.82 Å². The molecule has 2 aromatic heterocycles. The lowest BCUT2D eigenvalue weighted by Crippen LogP contribution is -2.39. The Morgan fingerprint density at radius 2 is 1.69 bits per heavy atom. The second-order valence-electron chi connectivity index (χ2n) is 12.3. The lowest BCUT2D eigenvalue weighted by Gasteiger charge is -2.19. The van der Waals surface area contributed by atoms with Crippen molar-refractivity contribution in [2.45, 2.75) is 77.5 Å². The second-order valence-corrected chi connectivity index (χ2v) is 12.3. The Morgan fingerprint density at radius 1 is 1.00 bits per heavy atom. The number of ether oxygens (including phenoxy) is 3. The highest BCUT2D eigenvalue weighted by atomic mass is 19.1. The summed E-state index contributed by atoms with van der Waals surface area (Å²) >= 11 is 0. The van der Waals surface area contributed by atoms with Crippen LogP contribution in [0.25, 0.3) is 22.8 Å². The number of carbonyl (C=O) groups is 3. The van der Waals surface area contributed by atoms with Gasteiger partial charge >= 0.3 is 12.1 Å². The highest BCUT2D eigenvalue weighted by molar-refractivity contribution is 5.95. The van der Waals surface area contributed by atoms with Gasteiger partial charge in [0, 0.05) is 17.0 Å². The molecule has 48 heavy (non-hydrogen) atoms. The number of nitrogens with one attached hydrogen (secondary N) is 2. The molecule has 1 saturated carbocycles. The molecule has 254 valence electrons. The topological polar surface area (TPSA) is 181 Å². The molecule has 0 radical (unpaired) electrons. The Balaban J connectivity index is 1.12. The summed E-state index contributed by atoms with van der Waals surface area (Å²) in [7, 11) is 0. The van der Waals surface area contributed by atoms with Crippen molar-refractivity contribution >= 4 is 18.0 Å². The van der Waals surface area contributed by atoms with Crippen LogP contribution in [0.2, 0.25) is 0 Å². The van der Waals surface area contributed by atoms with E-state index in [1.807, 2.05) is 19.1 Å². The fourth-order valence-electron chi connectivity index (χ4n) is 4.40. The first kappa shape index (κ1) is 34.0. The number of amides is 2. The number of benzene rings is 2. The maximum atomic E-state index is 15.0. The quantitative estimate of drug-likeness (QED) is 0.171. The number of alkyl carbamates (subject to hydrolysis) is 1. The number of esters is 1. The van der Waals surface area contributed by atoms with E-state index >= 15 is 4.39 Å². The molecule has 1 aliphatic rings. The summed E-state index contributed by atoms with van der Waals surface area (Å²) in [6, 6.07) is 10.5. The van der Waals surface area contributed by atoms with E-state index in [0.717, 1.165) is 24.5 Å². The van der Waals surface area contributed by atoms with Crippen LogP contribution in [-0.4, -0.2) is 63.0 Å². The Bertz CT molecular complexity index is 1750. The predicted molar refractivity (Wildman–Crippen MR) is 167 cm³/mol. The Morgan fingerprint density at radius 3 is 2.35 bits per heavy atom. The van der Waals surface area contributed by atoms with Crippen LogP contribution in [0.15, 0.2) is 51.5 Å². The highest BCUT2D eigenvalue weighted by Crippen LogP contribution is 2.39. The van der Waals surface area contributed by atoms with Gasteiger partial charge in [-0.3, -0.25) is 9.59 Å². The van der Waals surface area contributed by atoms with Crippen molar-refractivity contribution in [2.24, 2.45) is 0 Å². The summed E-state index contributed by atoms with van der Waals surface area (Å²) in [5, 5.41) is 12.9. The summed E-state index contributed by atoms with van der Waals surface area (Å²) in [4.78, 5) is 45.2. The maximum Gasteiger partial charge on any atom is 0.408 e. The molecule has 1 unspecified atom stereocenters. The number of nitrogens with zero attached hydrogens (tertiary/aromatic N) is 4. The number of halogens is 1. The van der Waals surface area contributed by atoms with E-state index in [4.69, 9.17) is 23.3 Å². The second kappa shape index (κ2) is 14.6. The Kier molecular flexibility index (Phi) is 10.4. The number of hydrogen-bond donors (Lipinski definition) is 2. The van der Waals surface area contributed by atoms with Crippen molar-refractivity contribution in [3.63, 3.8) is 0 Å². The van der Waals surface area contributed by atoms with E-state index in [0.29, 0.717) is 35.4 Å². The van der Waals surface area contributed by atoms with E-state index in [1.54, 1.807) is 39.8 Å². The van der Waals surface area contributed by atoms with Gasteiger partial charge in [-0.05, 0) is 83.4 Å². The first-order chi connectivity index (χ1) is 22.9. The molecule has 0 spiro atoms. The number of carbonyl (C=O) groups excluding carboxylic acids is 3. The van der Waals surface area contributed by atoms with Crippen molar-refractivity contribution in [3.05, 3.63) is 65.6 Å². The molecule has 4 aromatic rings. The summed E-state index contributed by atoms with van der Waals surface area (Å²) in [5.41, 5.74) is 0.153. The third-order valence-corrected chi connectivity index (χ3v) is 6.97. The first-order valence-electron chi connectivity index (χ1n) is 15.6. The van der Waals surface area contributed by atoms with Crippen molar-refractivity contribution in [2.75, 3.05) is 13.2 Å². The molecule has 0 aliphatic heterocycles. The van der Waals surface area contributed by atoms with Crippen LogP contribution in [0.4, 0.5) is 9.18 Å². The van der Waals surface area contributed by atoms with Crippen LogP contribution in [0.1, 0.15) is 88.0 Å². The van der Waals surface area contributed by atoms with Gasteiger partial charge in [-0.15, -0.1) is 0 Å². The molecule has 2 amide bonds. The zero-order valence-corrected chi connectivity index (χ0v) is 27.2. The molecule has 15 heteroatoms. The first-order valence-corrected chi connectivity index (χ1v) is 15.6. The van der Waals surface area contributed by atoms with Crippen molar-refractivity contribution in [1.82, 2.24) is 30.9 Å². The summed E-state index contributed by atoms with van der Waals surface area (Å²) in [5.74, 6) is 0.206. The molecule has 0 saturated heterocycles. The smallest absolute Gasteiger partial charge is 0.408 e. The minimum atomic E-state index is -0.809. The van der Waals surface area contributed by atoms with Gasteiger partial charge in [0.25, 0.3) is 11.8 Å². The Labute approximate surface area is 275 Å². The van der Waals surface area contributed by atoms with Crippen molar-refractivity contribution in [1.29, 1.82) is 0 Å². The van der Waals surface area contributed by atoms with Crippen LogP contribution < -0.4 is 15.4 Å². The van der Waals surface area contributed by atoms with E-state index < -0.39 is 48.1 Å². The largest absolute Gasteiger partial charge is 0.481 e. The van der Waals surface area contributed by atoms with Gasteiger partial charge in [0.05, 0.1) is 11.6 Å². The molecular formula is C33H37FN6O8. The molecule has 5 rings (SSSR count). The third-order valence-electron chi connectivity index (χ3n) is 6.97. The average Bonchev–Trinajstić information content (AvgIpc) is 3.56. The zero-order chi connectivity index (χ0) is 34.4. The van der Waals surface area contributed by atoms with Gasteiger partial charge in [-0.2, -0.15) is 9.97 Å². The number of aromatic nitrogens is 4. The molecule has 1 aliphatic carbocycles. The van der Waals surface area contributed by atoms with Gasteiger partial charge in [0.2, 0.25) is 17.5 Å². The fourth-order valence-corrected chi connectivity index (χ4v) is 4.40. The standard InChI is InChI=1S/C33H37FN6O8/c1-6-25(45-22-12-9-19(10-13-22)27-37-30(47-39-27)20-7-8-20)31-38-28(40-48-31)21-11-14-23(24(34)15-21)29(42)36-18(2)17-44-26(41)16-35-32(43)46-33(3,4)5/h9-15,18,20,25H,6-8,16-17H2,1-5H3,(H,35,43)(H,36,42)/t18-,25?/m1/s1. The van der Waals surface area contributed by atoms with E-state index in [9.17, 15) is 14.4 Å². The normalized spacial score (nSPS) is 14.1. The van der Waals surface area contributed by atoms with E-state index in [1.165, 1.54) is 12.1 Å². The van der Waals surface area contributed by atoms with E-state index in [2.05, 4.69) is 30.9 Å². The summed E-state index contributed by atoms with van der Waals surface area (Å²) in [6.07, 6.45) is 1.33. The van der Waals surface area contributed by atoms with Crippen LogP contribution in [0.5, 0.6) is 5.75 Å². The maximum absolute atomic E-state index is 15.0. The predicted octanol–water partition coefficient (Wildman–Crippen LogP) is 5.52. The Hall–Kier alpha value is -5.34. The van der Waals surface area contributed by atoms with Crippen molar-refractivity contribution in [3.8, 4) is 28.5 Å². The minimum Gasteiger partial charge on any atom is -0.481 e. The average molecular weight is 665 g/mol. The SMILES string of the molecule is CCC(Oc1ccc(-c2noc(C3CC3)n2)cc1)c1nc(-c2ccc(C(=O)N[C@H](C)COC(=O)CNC(=O)OC(C)(C)C)c(F)c2)no1. The van der Waals surface area contributed by atoms with E-state index in [-0.39, 0.29) is 23.9 Å². The molecule has 14 nitrogen and oxygen atoms in total. The van der Waals surface area contributed by atoms with Gasteiger partial charge in [-0.1, -0.05) is 23.3 Å². The highest BCUT2D eigenvalue weighted by Gasteiger charge is 2.30. The van der Waals surface area contributed by atoms with Crippen LogP contribution in [-0.2, 0) is 14.3 Å². The van der Waals surface area contributed by atoms with Gasteiger partial charge in [0.1, 0.15) is 30.3 Å². The zero-order valence-electron chi connectivity index (χ0n) is 27.2. The number of rotatable bonds is 13. The van der Waals surface area contributed by atoms with Gasteiger partial charge in [-0.25, -0.2) is 9.18 Å². The summed E-state index contributed by atoms with van der Waals surface area (Å²) in [6.45, 7) is 7.95. The minimum absolute atomic E-state index is 0.122. The third kappa shape index (κ3) is 9.14. The fraction of sp³-hybridized carbons (Fsp3) is 0.424. The molecule has 2 aromatic carbocycles. The lowest BCUT2D eigenvalue weighted by atomic mass is 10.1. The molecule has 0 bridgehead atoms.